The molecule has 2 aromatic rings. The first kappa shape index (κ1) is 17.6. The lowest BCUT2D eigenvalue weighted by atomic mass is 10.1. The maximum atomic E-state index is 5.53. The van der Waals surface area contributed by atoms with Gasteiger partial charge in [-0.2, -0.15) is 11.3 Å². The van der Waals surface area contributed by atoms with Crippen molar-refractivity contribution >= 4 is 17.3 Å². The lowest BCUT2D eigenvalue weighted by Gasteiger charge is -2.24. The predicted octanol–water partition coefficient (Wildman–Crippen LogP) is 2.91. The quantitative estimate of drug-likeness (QED) is 0.604. The van der Waals surface area contributed by atoms with Crippen LogP contribution < -0.4 is 10.6 Å². The molecule has 0 saturated carbocycles. The Morgan fingerprint density at radius 2 is 2.09 bits per heavy atom. The number of likely N-dealkylation sites (N-methyl/N-ethyl adjacent to an activating group) is 1. The lowest BCUT2D eigenvalue weighted by molar-refractivity contribution is 0.258. The van der Waals surface area contributed by atoms with E-state index in [0.717, 1.165) is 24.8 Å². The number of nitrogens with one attached hydrogen (secondary N) is 2. The number of hydrogen-bond donors (Lipinski definition) is 2. The summed E-state index contributed by atoms with van der Waals surface area (Å²) < 4.78 is 5.53. The van der Waals surface area contributed by atoms with Gasteiger partial charge >= 0.3 is 0 Å². The molecule has 2 N–H and O–H groups in total. The number of guanidine groups is 1. The van der Waals surface area contributed by atoms with Crippen molar-refractivity contribution in [1.29, 1.82) is 0 Å². The zero-order chi connectivity index (χ0) is 16.7. The molecule has 0 amide bonds. The van der Waals surface area contributed by atoms with Crippen molar-refractivity contribution < 1.29 is 4.42 Å². The highest BCUT2D eigenvalue weighted by molar-refractivity contribution is 7.07. The summed E-state index contributed by atoms with van der Waals surface area (Å²) in [7, 11) is 5.88. The van der Waals surface area contributed by atoms with Gasteiger partial charge in [0.15, 0.2) is 5.96 Å². The third kappa shape index (κ3) is 5.11. The molecule has 0 aliphatic carbocycles. The number of rotatable bonds is 7. The first-order valence-corrected chi connectivity index (χ1v) is 8.72. The minimum atomic E-state index is 0.165. The van der Waals surface area contributed by atoms with E-state index in [1.807, 2.05) is 26.2 Å². The lowest BCUT2D eigenvalue weighted by Crippen LogP contribution is -2.42. The molecule has 2 heterocycles. The molecular formula is C17H26N4OS. The van der Waals surface area contributed by atoms with Gasteiger partial charge in [-0.3, -0.25) is 9.89 Å². The second-order valence-corrected chi connectivity index (χ2v) is 6.57. The molecule has 5 nitrogen and oxygen atoms in total. The van der Waals surface area contributed by atoms with Gasteiger partial charge in [0.2, 0.25) is 0 Å². The van der Waals surface area contributed by atoms with Gasteiger partial charge in [-0.05, 0) is 54.5 Å². The maximum Gasteiger partial charge on any atom is 0.191 e. The van der Waals surface area contributed by atoms with Crippen LogP contribution in [-0.2, 0) is 0 Å². The first-order valence-electron chi connectivity index (χ1n) is 7.78. The van der Waals surface area contributed by atoms with Crippen LogP contribution in [0, 0.1) is 0 Å². The summed E-state index contributed by atoms with van der Waals surface area (Å²) in [6, 6.07) is 6.26. The Hall–Kier alpha value is -1.79. The number of thiophene rings is 1. The van der Waals surface area contributed by atoms with Crippen molar-refractivity contribution in [2.45, 2.75) is 18.9 Å². The Morgan fingerprint density at radius 3 is 2.65 bits per heavy atom. The highest BCUT2D eigenvalue weighted by atomic mass is 32.1. The summed E-state index contributed by atoms with van der Waals surface area (Å²) in [6.07, 6.45) is 1.71. The molecule has 0 bridgehead atoms. The van der Waals surface area contributed by atoms with Crippen LogP contribution in [0.5, 0.6) is 0 Å². The molecule has 126 valence electrons. The van der Waals surface area contributed by atoms with E-state index in [2.05, 4.69) is 44.3 Å². The second kappa shape index (κ2) is 8.74. The van der Waals surface area contributed by atoms with E-state index in [1.165, 1.54) is 5.56 Å². The van der Waals surface area contributed by atoms with Crippen molar-refractivity contribution in [2.24, 2.45) is 4.99 Å². The van der Waals surface area contributed by atoms with Gasteiger partial charge in [-0.1, -0.05) is 6.92 Å². The zero-order valence-corrected chi connectivity index (χ0v) is 15.1. The van der Waals surface area contributed by atoms with Gasteiger partial charge in [-0.15, -0.1) is 0 Å². The van der Waals surface area contributed by atoms with E-state index in [-0.39, 0.29) is 6.04 Å². The minimum absolute atomic E-state index is 0.165. The fourth-order valence-electron chi connectivity index (χ4n) is 2.36. The van der Waals surface area contributed by atoms with Gasteiger partial charge in [0, 0.05) is 20.1 Å². The van der Waals surface area contributed by atoms with E-state index in [9.17, 15) is 0 Å². The summed E-state index contributed by atoms with van der Waals surface area (Å²) in [5.74, 6) is 2.21. The third-order valence-electron chi connectivity index (χ3n) is 3.87. The van der Waals surface area contributed by atoms with E-state index >= 15 is 0 Å². The molecule has 2 rings (SSSR count). The predicted molar refractivity (Wildman–Crippen MR) is 97.2 cm³/mol. The van der Waals surface area contributed by atoms with Crippen LogP contribution in [0.2, 0.25) is 0 Å². The van der Waals surface area contributed by atoms with Gasteiger partial charge in [0.05, 0.1) is 12.3 Å². The molecule has 2 unspecified atom stereocenters. The Morgan fingerprint density at radius 1 is 1.30 bits per heavy atom. The molecule has 0 saturated heterocycles. The van der Waals surface area contributed by atoms with Gasteiger partial charge in [-0.25, -0.2) is 0 Å². The first-order chi connectivity index (χ1) is 11.1. The molecule has 0 spiro atoms. The summed E-state index contributed by atoms with van der Waals surface area (Å²) >= 11 is 1.73. The topological polar surface area (TPSA) is 52.8 Å². The van der Waals surface area contributed by atoms with Crippen LogP contribution in [0.3, 0.4) is 0 Å². The van der Waals surface area contributed by atoms with Crippen molar-refractivity contribution in [3.05, 3.63) is 46.5 Å². The van der Waals surface area contributed by atoms with E-state index < -0.39 is 0 Å². The van der Waals surface area contributed by atoms with Crippen molar-refractivity contribution in [2.75, 3.05) is 34.2 Å². The van der Waals surface area contributed by atoms with E-state index in [4.69, 9.17) is 4.42 Å². The average molecular weight is 334 g/mol. The summed E-state index contributed by atoms with van der Waals surface area (Å²) in [6.45, 7) is 3.80. The van der Waals surface area contributed by atoms with Crippen LogP contribution in [0.25, 0.3) is 0 Å². The number of nitrogens with zero attached hydrogens (tertiary/aromatic N) is 2. The Bertz CT molecular complexity index is 578. The molecule has 0 aromatic carbocycles. The number of hydrogen-bond acceptors (Lipinski definition) is 4. The third-order valence-corrected chi connectivity index (χ3v) is 4.57. The van der Waals surface area contributed by atoms with Gasteiger partial charge in [0.1, 0.15) is 5.76 Å². The summed E-state index contributed by atoms with van der Waals surface area (Å²) in [5, 5.41) is 11.1. The monoisotopic (exact) mass is 334 g/mol. The summed E-state index contributed by atoms with van der Waals surface area (Å²) in [5.41, 5.74) is 1.36. The fraction of sp³-hybridized carbons (Fsp3) is 0.471. The Balaban J connectivity index is 1.84. The summed E-state index contributed by atoms with van der Waals surface area (Å²) in [4.78, 5) is 6.43. The molecule has 23 heavy (non-hydrogen) atoms. The zero-order valence-electron chi connectivity index (χ0n) is 14.2. The molecule has 0 aliphatic heterocycles. The van der Waals surface area contributed by atoms with Crippen LogP contribution >= 0.6 is 11.3 Å². The molecule has 0 aliphatic rings. The highest BCUT2D eigenvalue weighted by Crippen LogP contribution is 2.18. The van der Waals surface area contributed by atoms with Gasteiger partial charge < -0.3 is 15.1 Å². The van der Waals surface area contributed by atoms with Crippen LogP contribution in [0.15, 0.2) is 44.6 Å². The minimum Gasteiger partial charge on any atom is -0.468 e. The number of furan rings is 1. The molecule has 6 heteroatoms. The fourth-order valence-corrected chi connectivity index (χ4v) is 3.14. The van der Waals surface area contributed by atoms with Crippen LogP contribution in [0.1, 0.15) is 30.2 Å². The Labute approximate surface area is 142 Å². The SMILES string of the molecule is CN=C(NCC(C)c1ccsc1)NCC(c1ccco1)N(C)C. The van der Waals surface area contributed by atoms with E-state index in [0.29, 0.717) is 5.92 Å². The van der Waals surface area contributed by atoms with Crippen molar-refractivity contribution in [3.63, 3.8) is 0 Å². The molecule has 2 atom stereocenters. The van der Waals surface area contributed by atoms with Gasteiger partial charge in [0.25, 0.3) is 0 Å². The highest BCUT2D eigenvalue weighted by Gasteiger charge is 2.17. The molecule has 0 fully saturated rings. The Kier molecular flexibility index (Phi) is 6.67. The molecule has 0 radical (unpaired) electrons. The smallest absolute Gasteiger partial charge is 0.191 e. The standard InChI is InChI=1S/C17H26N4OS/c1-13(14-7-9-23-12-14)10-19-17(18-2)20-11-15(21(3)4)16-6-5-8-22-16/h5-9,12-13,15H,10-11H2,1-4H3,(H2,18,19,20). The normalized spacial score (nSPS) is 14.7. The maximum absolute atomic E-state index is 5.53. The second-order valence-electron chi connectivity index (χ2n) is 5.79. The van der Waals surface area contributed by atoms with Crippen molar-refractivity contribution in [1.82, 2.24) is 15.5 Å². The number of aliphatic imine (C=N–C) groups is 1. The molecule has 2 aromatic heterocycles. The van der Waals surface area contributed by atoms with E-state index in [1.54, 1.807) is 24.6 Å². The van der Waals surface area contributed by atoms with Crippen LogP contribution in [-0.4, -0.2) is 45.1 Å². The largest absolute Gasteiger partial charge is 0.468 e. The van der Waals surface area contributed by atoms with Crippen LogP contribution in [0.4, 0.5) is 0 Å². The molecular weight excluding hydrogens is 308 g/mol. The van der Waals surface area contributed by atoms with Crippen molar-refractivity contribution in [3.8, 4) is 0 Å². The average Bonchev–Trinajstić information content (AvgIpc) is 3.23.